The Bertz CT molecular complexity index is 681. The van der Waals surface area contributed by atoms with Crippen molar-refractivity contribution < 1.29 is 9.90 Å². The van der Waals surface area contributed by atoms with Gasteiger partial charge in [0.2, 0.25) is 0 Å². The molecule has 0 bridgehead atoms. The number of aliphatic carboxylic acids is 1. The fraction of sp³-hybridized carbons (Fsp3) is 0.222. The smallest absolute Gasteiger partial charge is 0.303 e. The maximum atomic E-state index is 10.2. The lowest BCUT2D eigenvalue weighted by atomic mass is 10.1. The van der Waals surface area contributed by atoms with E-state index in [-0.39, 0.29) is 6.42 Å². The van der Waals surface area contributed by atoms with Gasteiger partial charge >= 0.3 is 5.97 Å². The van der Waals surface area contributed by atoms with Gasteiger partial charge in [0.1, 0.15) is 0 Å². The van der Waals surface area contributed by atoms with Crippen LogP contribution in [0.25, 0.3) is 0 Å². The van der Waals surface area contributed by atoms with Gasteiger partial charge in [0.25, 0.3) is 0 Å². The van der Waals surface area contributed by atoms with Gasteiger partial charge in [0.05, 0.1) is 6.07 Å². The SMILES string of the molecule is N#CCCc1cccc(Cl)c1.O=C(O)CCc1cccc(Cl)c1. The lowest BCUT2D eigenvalue weighted by Gasteiger charge is -1.97. The Morgan fingerprint density at radius 3 is 1.96 bits per heavy atom. The summed E-state index contributed by atoms with van der Waals surface area (Å²) in [6, 6.07) is 16.9. The van der Waals surface area contributed by atoms with Crippen LogP contribution in [-0.4, -0.2) is 11.1 Å². The Hall–Kier alpha value is -2.02. The van der Waals surface area contributed by atoms with E-state index in [2.05, 4.69) is 6.07 Å². The van der Waals surface area contributed by atoms with Crippen molar-refractivity contribution in [2.45, 2.75) is 25.7 Å². The molecule has 1 N–H and O–H groups in total. The van der Waals surface area contributed by atoms with Gasteiger partial charge in [-0.05, 0) is 48.2 Å². The second-order valence-corrected chi connectivity index (χ2v) is 5.68. The van der Waals surface area contributed by atoms with Gasteiger partial charge in [-0.15, -0.1) is 0 Å². The standard InChI is InChI=1S/C9H8ClN.C9H9ClO2/c10-9-5-1-3-8(7-9)4-2-6-11;10-8-3-1-2-7(6-8)4-5-9(11)12/h1,3,5,7H,2,4H2;1-3,6H,4-5H2,(H,11,12). The molecular weight excluding hydrogens is 333 g/mol. The largest absolute Gasteiger partial charge is 0.481 e. The molecule has 0 aliphatic rings. The molecule has 0 heterocycles. The van der Waals surface area contributed by atoms with E-state index >= 15 is 0 Å². The van der Waals surface area contributed by atoms with Crippen LogP contribution in [0.15, 0.2) is 48.5 Å². The number of nitrogens with zero attached hydrogens (tertiary/aromatic N) is 1. The van der Waals surface area contributed by atoms with Crippen molar-refractivity contribution >= 4 is 29.2 Å². The van der Waals surface area contributed by atoms with Crippen LogP contribution in [0, 0.1) is 11.3 Å². The first-order chi connectivity index (χ1) is 11.0. The molecule has 0 fully saturated rings. The molecule has 0 saturated heterocycles. The molecule has 0 spiro atoms. The average molecular weight is 350 g/mol. The summed E-state index contributed by atoms with van der Waals surface area (Å²) in [5.41, 5.74) is 2.09. The summed E-state index contributed by atoms with van der Waals surface area (Å²) in [4.78, 5) is 10.2. The second-order valence-electron chi connectivity index (χ2n) is 4.81. The van der Waals surface area contributed by atoms with Crippen LogP contribution < -0.4 is 0 Å². The zero-order valence-corrected chi connectivity index (χ0v) is 14.0. The highest BCUT2D eigenvalue weighted by Gasteiger charge is 1.98. The minimum atomic E-state index is -0.782. The highest BCUT2D eigenvalue weighted by molar-refractivity contribution is 6.30. The van der Waals surface area contributed by atoms with Gasteiger partial charge in [-0.3, -0.25) is 4.79 Å². The Morgan fingerprint density at radius 2 is 1.52 bits per heavy atom. The maximum Gasteiger partial charge on any atom is 0.303 e. The Balaban J connectivity index is 0.000000231. The van der Waals surface area contributed by atoms with Crippen LogP contribution >= 0.6 is 23.2 Å². The fourth-order valence-electron chi connectivity index (χ4n) is 1.84. The summed E-state index contributed by atoms with van der Waals surface area (Å²) in [6.45, 7) is 0. The minimum absolute atomic E-state index is 0.153. The summed E-state index contributed by atoms with van der Waals surface area (Å²) in [7, 11) is 0. The molecule has 0 atom stereocenters. The molecule has 2 rings (SSSR count). The van der Waals surface area contributed by atoms with Gasteiger partial charge in [0.15, 0.2) is 0 Å². The first-order valence-corrected chi connectivity index (χ1v) is 7.84. The molecule has 2 aromatic carbocycles. The Kier molecular flexibility index (Phi) is 8.82. The quantitative estimate of drug-likeness (QED) is 0.811. The van der Waals surface area contributed by atoms with Gasteiger partial charge in [-0.1, -0.05) is 47.5 Å². The van der Waals surface area contributed by atoms with Gasteiger partial charge in [-0.2, -0.15) is 5.26 Å². The molecule has 0 amide bonds. The molecule has 23 heavy (non-hydrogen) atoms. The molecule has 0 aromatic heterocycles. The lowest BCUT2D eigenvalue weighted by Crippen LogP contribution is -1.96. The molecule has 0 saturated carbocycles. The van der Waals surface area contributed by atoms with E-state index in [0.29, 0.717) is 17.9 Å². The van der Waals surface area contributed by atoms with Gasteiger partial charge < -0.3 is 5.11 Å². The van der Waals surface area contributed by atoms with Crippen LogP contribution in [0.2, 0.25) is 10.0 Å². The van der Waals surface area contributed by atoms with Crippen molar-refractivity contribution in [3.05, 3.63) is 69.7 Å². The summed E-state index contributed by atoms with van der Waals surface area (Å²) < 4.78 is 0. The fourth-order valence-corrected chi connectivity index (χ4v) is 2.26. The first-order valence-electron chi connectivity index (χ1n) is 7.09. The number of hydrogen-bond donors (Lipinski definition) is 1. The third-order valence-corrected chi connectivity index (χ3v) is 3.40. The highest BCUT2D eigenvalue weighted by Crippen LogP contribution is 2.12. The van der Waals surface area contributed by atoms with Crippen LogP contribution in [0.3, 0.4) is 0 Å². The topological polar surface area (TPSA) is 61.1 Å². The van der Waals surface area contributed by atoms with E-state index in [1.165, 1.54) is 0 Å². The molecule has 120 valence electrons. The van der Waals surface area contributed by atoms with E-state index in [9.17, 15) is 4.79 Å². The summed E-state index contributed by atoms with van der Waals surface area (Å²) in [5, 5.41) is 18.1. The molecule has 5 heteroatoms. The number of nitriles is 1. The number of carbonyl (C=O) groups is 1. The zero-order chi connectivity index (χ0) is 17.1. The van der Waals surface area contributed by atoms with Crippen molar-refractivity contribution in [2.24, 2.45) is 0 Å². The zero-order valence-electron chi connectivity index (χ0n) is 12.5. The van der Waals surface area contributed by atoms with Gasteiger partial charge in [0, 0.05) is 22.9 Å². The van der Waals surface area contributed by atoms with E-state index in [1.54, 1.807) is 12.1 Å². The number of hydrogen-bond acceptors (Lipinski definition) is 2. The monoisotopic (exact) mass is 349 g/mol. The van der Waals surface area contributed by atoms with Crippen molar-refractivity contribution in [2.75, 3.05) is 0 Å². The summed E-state index contributed by atoms with van der Waals surface area (Å²) in [5.74, 6) is -0.782. The van der Waals surface area contributed by atoms with E-state index in [1.807, 2.05) is 36.4 Å². The normalized spacial score (nSPS) is 9.43. The van der Waals surface area contributed by atoms with Gasteiger partial charge in [-0.25, -0.2) is 0 Å². The van der Waals surface area contributed by atoms with E-state index in [4.69, 9.17) is 33.6 Å². The van der Waals surface area contributed by atoms with E-state index in [0.717, 1.165) is 22.6 Å². The summed E-state index contributed by atoms with van der Waals surface area (Å²) in [6.07, 6.45) is 2.04. The first kappa shape index (κ1) is 19.0. The highest BCUT2D eigenvalue weighted by atomic mass is 35.5. The average Bonchev–Trinajstić information content (AvgIpc) is 2.52. The third-order valence-electron chi connectivity index (χ3n) is 2.93. The predicted molar refractivity (Wildman–Crippen MR) is 92.8 cm³/mol. The molecule has 0 radical (unpaired) electrons. The van der Waals surface area contributed by atoms with Crippen LogP contribution in [-0.2, 0) is 17.6 Å². The number of rotatable bonds is 5. The second kappa shape index (κ2) is 10.7. The Morgan fingerprint density at radius 1 is 1.00 bits per heavy atom. The molecule has 0 unspecified atom stereocenters. The molecular formula is C18H17Cl2NO2. The molecule has 3 nitrogen and oxygen atoms in total. The molecule has 2 aromatic rings. The number of carboxylic acids is 1. The third kappa shape index (κ3) is 8.87. The number of benzene rings is 2. The number of halogens is 2. The number of aryl methyl sites for hydroxylation is 2. The predicted octanol–water partition coefficient (Wildman–Crippen LogP) is 5.15. The minimum Gasteiger partial charge on any atom is -0.481 e. The van der Waals surface area contributed by atoms with Crippen molar-refractivity contribution in [1.82, 2.24) is 0 Å². The summed E-state index contributed by atoms with van der Waals surface area (Å²) >= 11 is 11.5. The van der Waals surface area contributed by atoms with Crippen LogP contribution in [0.5, 0.6) is 0 Å². The lowest BCUT2D eigenvalue weighted by molar-refractivity contribution is -0.136. The van der Waals surface area contributed by atoms with Crippen molar-refractivity contribution in [3.8, 4) is 6.07 Å². The van der Waals surface area contributed by atoms with Crippen molar-refractivity contribution in [1.29, 1.82) is 5.26 Å². The molecule has 0 aliphatic carbocycles. The molecule has 0 aliphatic heterocycles. The number of carboxylic acid groups (broad SMARTS) is 1. The van der Waals surface area contributed by atoms with E-state index < -0.39 is 5.97 Å². The van der Waals surface area contributed by atoms with Crippen molar-refractivity contribution in [3.63, 3.8) is 0 Å². The van der Waals surface area contributed by atoms with Crippen LogP contribution in [0.1, 0.15) is 24.0 Å². The Labute approximate surface area is 146 Å². The van der Waals surface area contributed by atoms with Crippen LogP contribution in [0.4, 0.5) is 0 Å². The maximum absolute atomic E-state index is 10.2.